The Kier molecular flexibility index (Phi) is 4.36. The second-order valence-electron chi connectivity index (χ2n) is 3.29. The van der Waals surface area contributed by atoms with E-state index in [1.807, 2.05) is 0 Å². The first-order valence-electron chi connectivity index (χ1n) is 4.89. The molecule has 0 saturated heterocycles. The molecule has 0 radical (unpaired) electrons. The lowest BCUT2D eigenvalue weighted by atomic mass is 10.1. The monoisotopic (exact) mass is 236 g/mol. The molecule has 0 fully saturated rings. The summed E-state index contributed by atoms with van der Waals surface area (Å²) in [6.07, 6.45) is 3.25. The summed E-state index contributed by atoms with van der Waals surface area (Å²) < 4.78 is 0. The van der Waals surface area contributed by atoms with E-state index in [0.29, 0.717) is 12.1 Å². The first kappa shape index (κ1) is 12.9. The van der Waals surface area contributed by atoms with Crippen molar-refractivity contribution in [1.82, 2.24) is 5.32 Å². The van der Waals surface area contributed by atoms with Gasteiger partial charge in [-0.05, 0) is 18.7 Å². The van der Waals surface area contributed by atoms with Crippen LogP contribution >= 0.6 is 0 Å². The fraction of sp³-hybridized carbons (Fsp3) is 0.182. The van der Waals surface area contributed by atoms with Crippen LogP contribution in [-0.2, 0) is 0 Å². The molecule has 1 rings (SSSR count). The first-order chi connectivity index (χ1) is 8.06. The van der Waals surface area contributed by atoms with Crippen LogP contribution < -0.4 is 5.32 Å². The van der Waals surface area contributed by atoms with E-state index < -0.39 is 10.9 Å². The van der Waals surface area contributed by atoms with Crippen LogP contribution in [0.5, 0.6) is 0 Å². The second kappa shape index (κ2) is 5.76. The van der Waals surface area contributed by atoms with Crippen molar-refractivity contribution in [2.75, 3.05) is 13.6 Å². The quantitative estimate of drug-likeness (QED) is 0.597. The number of aromatic carboxylic acids is 1. The Labute approximate surface area is 97.7 Å². The molecule has 90 valence electrons. The van der Waals surface area contributed by atoms with Crippen LogP contribution in [0.4, 0.5) is 5.69 Å². The van der Waals surface area contributed by atoms with Crippen LogP contribution in [0.2, 0.25) is 0 Å². The van der Waals surface area contributed by atoms with Gasteiger partial charge in [0.25, 0.3) is 5.69 Å². The van der Waals surface area contributed by atoms with Gasteiger partial charge in [-0.25, -0.2) is 4.79 Å². The molecule has 0 unspecified atom stereocenters. The Hall–Kier alpha value is -2.21. The van der Waals surface area contributed by atoms with Gasteiger partial charge in [0.05, 0.1) is 10.5 Å². The molecule has 0 spiro atoms. The molecule has 0 aliphatic heterocycles. The molecule has 6 heteroatoms. The molecule has 1 aromatic rings. The standard InChI is InChI=1S/C11H12N2O4/c1-12-6-2-3-8-7-9(13(16)17)4-5-10(8)11(14)15/h2-5,7,12H,6H2,1H3,(H,14,15). The third kappa shape index (κ3) is 3.39. The van der Waals surface area contributed by atoms with Crippen LogP contribution in [0, 0.1) is 10.1 Å². The summed E-state index contributed by atoms with van der Waals surface area (Å²) in [5.74, 6) is -1.11. The number of carboxylic acids is 1. The van der Waals surface area contributed by atoms with E-state index in [-0.39, 0.29) is 11.3 Å². The van der Waals surface area contributed by atoms with E-state index in [0.717, 1.165) is 0 Å². The van der Waals surface area contributed by atoms with Crippen molar-refractivity contribution in [1.29, 1.82) is 0 Å². The number of rotatable bonds is 5. The van der Waals surface area contributed by atoms with Gasteiger partial charge in [0.1, 0.15) is 0 Å². The lowest BCUT2D eigenvalue weighted by Crippen LogP contribution is -2.04. The van der Waals surface area contributed by atoms with Crippen LogP contribution in [0.1, 0.15) is 15.9 Å². The summed E-state index contributed by atoms with van der Waals surface area (Å²) in [6.45, 7) is 0.557. The molecule has 0 heterocycles. The molecule has 6 nitrogen and oxygen atoms in total. The number of carbonyl (C=O) groups is 1. The smallest absolute Gasteiger partial charge is 0.336 e. The first-order valence-corrected chi connectivity index (χ1v) is 4.89. The number of carboxylic acid groups (broad SMARTS) is 1. The molecule has 0 saturated carbocycles. The molecule has 0 aliphatic carbocycles. The van der Waals surface area contributed by atoms with Crippen molar-refractivity contribution in [3.63, 3.8) is 0 Å². The van der Waals surface area contributed by atoms with Crippen molar-refractivity contribution in [2.24, 2.45) is 0 Å². The van der Waals surface area contributed by atoms with Crippen LogP contribution in [0.15, 0.2) is 24.3 Å². The third-order valence-electron chi connectivity index (χ3n) is 2.10. The average Bonchev–Trinajstić information content (AvgIpc) is 2.28. The minimum Gasteiger partial charge on any atom is -0.478 e. The molecular formula is C11H12N2O4. The number of non-ortho nitro benzene ring substituents is 1. The summed E-state index contributed by atoms with van der Waals surface area (Å²) in [5.41, 5.74) is 0.240. The maximum atomic E-state index is 10.9. The van der Waals surface area contributed by atoms with Gasteiger partial charge in [-0.15, -0.1) is 0 Å². The normalized spacial score (nSPS) is 10.6. The van der Waals surface area contributed by atoms with Crippen molar-refractivity contribution in [3.05, 3.63) is 45.5 Å². The fourth-order valence-electron chi connectivity index (χ4n) is 1.30. The molecule has 0 aromatic heterocycles. The molecule has 2 N–H and O–H groups in total. The van der Waals surface area contributed by atoms with Gasteiger partial charge in [-0.1, -0.05) is 12.2 Å². The number of nitro benzene ring substituents is 1. The van der Waals surface area contributed by atoms with Crippen LogP contribution in [-0.4, -0.2) is 29.6 Å². The van der Waals surface area contributed by atoms with Crippen LogP contribution in [0.25, 0.3) is 6.08 Å². The molecule has 0 bridgehead atoms. The Morgan fingerprint density at radius 1 is 1.59 bits per heavy atom. The van der Waals surface area contributed by atoms with Crippen LogP contribution in [0.3, 0.4) is 0 Å². The maximum Gasteiger partial charge on any atom is 0.336 e. The molecule has 0 amide bonds. The zero-order chi connectivity index (χ0) is 12.8. The highest BCUT2D eigenvalue weighted by atomic mass is 16.6. The van der Waals surface area contributed by atoms with Crippen molar-refractivity contribution >= 4 is 17.7 Å². The Balaban J connectivity index is 3.16. The number of likely N-dealkylation sites (N-methyl/N-ethyl adjacent to an activating group) is 1. The Morgan fingerprint density at radius 2 is 2.29 bits per heavy atom. The number of nitrogens with zero attached hydrogens (tertiary/aromatic N) is 1. The number of benzene rings is 1. The zero-order valence-corrected chi connectivity index (χ0v) is 9.21. The summed E-state index contributed by atoms with van der Waals surface area (Å²) >= 11 is 0. The highest BCUT2D eigenvalue weighted by Gasteiger charge is 2.13. The largest absolute Gasteiger partial charge is 0.478 e. The van der Waals surface area contributed by atoms with Crippen molar-refractivity contribution in [3.8, 4) is 0 Å². The minimum atomic E-state index is -1.11. The molecular weight excluding hydrogens is 224 g/mol. The summed E-state index contributed by atoms with van der Waals surface area (Å²) in [4.78, 5) is 20.9. The Bertz CT molecular complexity index is 469. The van der Waals surface area contributed by atoms with Gasteiger partial charge in [-0.2, -0.15) is 0 Å². The third-order valence-corrected chi connectivity index (χ3v) is 2.10. The van der Waals surface area contributed by atoms with E-state index in [4.69, 9.17) is 5.11 Å². The Morgan fingerprint density at radius 3 is 2.82 bits per heavy atom. The lowest BCUT2D eigenvalue weighted by Gasteiger charge is -2.01. The van der Waals surface area contributed by atoms with E-state index in [1.54, 1.807) is 19.2 Å². The van der Waals surface area contributed by atoms with E-state index in [1.165, 1.54) is 18.2 Å². The highest BCUT2D eigenvalue weighted by molar-refractivity contribution is 5.92. The predicted molar refractivity (Wildman–Crippen MR) is 63.0 cm³/mol. The number of nitrogens with one attached hydrogen (secondary N) is 1. The lowest BCUT2D eigenvalue weighted by molar-refractivity contribution is -0.384. The van der Waals surface area contributed by atoms with Gasteiger partial charge >= 0.3 is 5.97 Å². The summed E-state index contributed by atoms with van der Waals surface area (Å²) in [6, 6.07) is 3.66. The molecule has 1 aromatic carbocycles. The topological polar surface area (TPSA) is 92.5 Å². The highest BCUT2D eigenvalue weighted by Crippen LogP contribution is 2.19. The summed E-state index contributed by atoms with van der Waals surface area (Å²) in [7, 11) is 1.75. The van der Waals surface area contributed by atoms with Crippen molar-refractivity contribution in [2.45, 2.75) is 0 Å². The number of hydrogen-bond acceptors (Lipinski definition) is 4. The summed E-state index contributed by atoms with van der Waals surface area (Å²) in [5, 5.41) is 22.4. The maximum absolute atomic E-state index is 10.9. The van der Waals surface area contributed by atoms with Gasteiger partial charge in [0, 0.05) is 18.7 Å². The molecule has 17 heavy (non-hydrogen) atoms. The van der Waals surface area contributed by atoms with E-state index in [2.05, 4.69) is 5.32 Å². The van der Waals surface area contributed by atoms with Gasteiger partial charge in [0.2, 0.25) is 0 Å². The zero-order valence-electron chi connectivity index (χ0n) is 9.21. The number of hydrogen-bond donors (Lipinski definition) is 2. The predicted octanol–water partition coefficient (Wildman–Crippen LogP) is 1.53. The minimum absolute atomic E-state index is 0.0444. The fourth-order valence-corrected chi connectivity index (χ4v) is 1.30. The SMILES string of the molecule is CNCC=Cc1cc([N+](=O)[O-])ccc1C(=O)O. The van der Waals surface area contributed by atoms with E-state index in [9.17, 15) is 14.9 Å². The second-order valence-corrected chi connectivity index (χ2v) is 3.29. The number of nitro groups is 1. The molecule has 0 aliphatic rings. The van der Waals surface area contributed by atoms with Gasteiger partial charge in [0.15, 0.2) is 0 Å². The average molecular weight is 236 g/mol. The van der Waals surface area contributed by atoms with E-state index >= 15 is 0 Å². The molecule has 0 atom stereocenters. The van der Waals surface area contributed by atoms with Gasteiger partial charge < -0.3 is 10.4 Å². The van der Waals surface area contributed by atoms with Gasteiger partial charge in [-0.3, -0.25) is 10.1 Å². The van der Waals surface area contributed by atoms with Crippen molar-refractivity contribution < 1.29 is 14.8 Å².